The monoisotopic (exact) mass is 169 g/mol. The largest absolute Gasteiger partial charge is 0.221 e. The number of hydrogen-bond acceptors (Lipinski definition) is 1. The van der Waals surface area contributed by atoms with Gasteiger partial charge in [-0.2, -0.15) is 5.43 Å². The molecule has 0 aliphatic heterocycles. The molecule has 2 nitrogen and oxygen atoms in total. The molecule has 1 saturated carbocycles. The van der Waals surface area contributed by atoms with Crippen LogP contribution in [0.4, 0.5) is 0 Å². The minimum absolute atomic E-state index is 0.592. The average molecular weight is 169 g/mol. The maximum absolute atomic E-state index is 4.61. The maximum atomic E-state index is 4.61. The van der Waals surface area contributed by atoms with Crippen LogP contribution in [0.3, 0.4) is 0 Å². The average Bonchev–Trinajstić information content (AvgIpc) is 2.80. The Labute approximate surface area is 76.3 Å². The highest BCUT2D eigenvalue weighted by molar-refractivity contribution is 4.83. The van der Waals surface area contributed by atoms with Gasteiger partial charge in [0.05, 0.1) is 0 Å². The minimum Gasteiger partial charge on any atom is -0.221 e. The van der Waals surface area contributed by atoms with Crippen LogP contribution in [0, 0.1) is 0 Å². The van der Waals surface area contributed by atoms with Crippen LogP contribution in [-0.2, 0) is 0 Å². The van der Waals surface area contributed by atoms with E-state index in [4.69, 9.17) is 0 Å². The van der Waals surface area contributed by atoms with E-state index >= 15 is 0 Å². The Kier molecular flexibility index (Phi) is 4.02. The Balaban J connectivity index is 2.14. The zero-order valence-corrected chi connectivity index (χ0v) is 8.58. The van der Waals surface area contributed by atoms with Crippen molar-refractivity contribution in [3.8, 4) is 0 Å². The molecule has 0 N–H and O–H groups in total. The molecule has 0 bridgehead atoms. The zero-order valence-electron chi connectivity index (χ0n) is 8.58. The fraction of sp³-hybridized carbons (Fsp3) is 1.00. The van der Waals surface area contributed by atoms with Crippen molar-refractivity contribution in [2.75, 3.05) is 6.54 Å². The lowest BCUT2D eigenvalue weighted by Gasteiger charge is -2.24. The summed E-state index contributed by atoms with van der Waals surface area (Å²) in [6.07, 6.45) is 5.19. The zero-order chi connectivity index (χ0) is 8.97. The summed E-state index contributed by atoms with van der Waals surface area (Å²) in [5.41, 5.74) is 4.61. The Hall–Kier alpha value is -0.0800. The van der Waals surface area contributed by atoms with E-state index in [1.54, 1.807) is 0 Å². The molecule has 0 aromatic carbocycles. The Morgan fingerprint density at radius 2 is 2.08 bits per heavy atom. The lowest BCUT2D eigenvalue weighted by atomic mass is 10.3. The van der Waals surface area contributed by atoms with Crippen molar-refractivity contribution in [1.29, 1.82) is 0 Å². The van der Waals surface area contributed by atoms with Gasteiger partial charge in [0.15, 0.2) is 0 Å². The van der Waals surface area contributed by atoms with Crippen molar-refractivity contribution in [1.82, 2.24) is 10.4 Å². The van der Waals surface area contributed by atoms with E-state index in [0.29, 0.717) is 6.04 Å². The smallest absolute Gasteiger partial charge is 0.0306 e. The van der Waals surface area contributed by atoms with Crippen molar-refractivity contribution >= 4 is 0 Å². The third-order valence-corrected chi connectivity index (χ3v) is 2.23. The van der Waals surface area contributed by atoms with E-state index in [1.165, 1.54) is 25.7 Å². The fourth-order valence-corrected chi connectivity index (χ4v) is 1.38. The Morgan fingerprint density at radius 3 is 2.50 bits per heavy atom. The predicted octanol–water partition coefficient (Wildman–Crippen LogP) is 2.18. The van der Waals surface area contributed by atoms with Crippen LogP contribution in [0.15, 0.2) is 0 Å². The Bertz CT molecular complexity index is 117. The molecular weight excluding hydrogens is 148 g/mol. The normalized spacial score (nSPS) is 17.8. The van der Waals surface area contributed by atoms with Crippen LogP contribution in [0.1, 0.15) is 46.5 Å². The van der Waals surface area contributed by atoms with Gasteiger partial charge in [-0.05, 0) is 33.1 Å². The van der Waals surface area contributed by atoms with Crippen LogP contribution in [0.5, 0.6) is 0 Å². The van der Waals surface area contributed by atoms with Crippen molar-refractivity contribution < 1.29 is 0 Å². The molecule has 0 aromatic heterocycles. The second kappa shape index (κ2) is 4.83. The van der Waals surface area contributed by atoms with E-state index in [9.17, 15) is 0 Å². The summed E-state index contributed by atoms with van der Waals surface area (Å²) in [6.45, 7) is 7.69. The predicted molar refractivity (Wildman–Crippen MR) is 51.9 cm³/mol. The molecule has 1 fully saturated rings. The molecular formula is C10H21N2. The molecule has 0 atom stereocenters. The van der Waals surface area contributed by atoms with Crippen molar-refractivity contribution in [3.63, 3.8) is 0 Å². The van der Waals surface area contributed by atoms with Crippen molar-refractivity contribution in [2.45, 2.75) is 58.5 Å². The molecule has 0 heterocycles. The number of unbranched alkanes of at least 4 members (excludes halogenated alkanes) is 1. The second-order valence-corrected chi connectivity index (χ2v) is 3.92. The maximum Gasteiger partial charge on any atom is 0.0306 e. The first-order chi connectivity index (χ1) is 5.75. The van der Waals surface area contributed by atoms with Crippen molar-refractivity contribution in [3.05, 3.63) is 0 Å². The lowest BCUT2D eigenvalue weighted by Crippen LogP contribution is -2.40. The summed E-state index contributed by atoms with van der Waals surface area (Å²) in [5.74, 6) is 0. The van der Waals surface area contributed by atoms with Gasteiger partial charge in [-0.15, -0.1) is 0 Å². The quantitative estimate of drug-likeness (QED) is 0.440. The van der Waals surface area contributed by atoms with Crippen LogP contribution in [-0.4, -0.2) is 23.6 Å². The second-order valence-electron chi connectivity index (χ2n) is 3.92. The lowest BCUT2D eigenvalue weighted by molar-refractivity contribution is 0.125. The molecule has 0 amide bonds. The first-order valence-electron chi connectivity index (χ1n) is 5.21. The third kappa shape index (κ3) is 3.11. The van der Waals surface area contributed by atoms with E-state index < -0.39 is 0 Å². The fourth-order valence-electron chi connectivity index (χ4n) is 1.38. The molecule has 1 aliphatic carbocycles. The van der Waals surface area contributed by atoms with Crippen LogP contribution < -0.4 is 5.43 Å². The van der Waals surface area contributed by atoms with Gasteiger partial charge in [0.2, 0.25) is 0 Å². The van der Waals surface area contributed by atoms with Gasteiger partial charge < -0.3 is 0 Å². The molecule has 0 unspecified atom stereocenters. The molecule has 12 heavy (non-hydrogen) atoms. The van der Waals surface area contributed by atoms with E-state index in [2.05, 4.69) is 31.2 Å². The first-order valence-corrected chi connectivity index (χ1v) is 5.21. The standard InChI is InChI=1S/C10H21N2/c1-4-5-8-11-12(9(2)3)10-6-7-10/h9-10H,4-8H2,1-3H3. The van der Waals surface area contributed by atoms with Gasteiger partial charge in [-0.3, -0.25) is 0 Å². The highest BCUT2D eigenvalue weighted by Gasteiger charge is 2.30. The van der Waals surface area contributed by atoms with Crippen molar-refractivity contribution in [2.24, 2.45) is 0 Å². The summed E-state index contributed by atoms with van der Waals surface area (Å²) in [6, 6.07) is 1.37. The third-order valence-electron chi connectivity index (χ3n) is 2.23. The van der Waals surface area contributed by atoms with Crippen LogP contribution >= 0.6 is 0 Å². The van der Waals surface area contributed by atoms with Gasteiger partial charge in [0.25, 0.3) is 0 Å². The molecule has 2 heteroatoms. The highest BCUT2D eigenvalue weighted by atomic mass is 15.5. The van der Waals surface area contributed by atoms with Gasteiger partial charge in [-0.25, -0.2) is 5.01 Å². The highest BCUT2D eigenvalue weighted by Crippen LogP contribution is 2.27. The van der Waals surface area contributed by atoms with Crippen LogP contribution in [0.25, 0.3) is 0 Å². The first kappa shape index (κ1) is 10.0. The molecule has 71 valence electrons. The minimum atomic E-state index is 0.592. The summed E-state index contributed by atoms with van der Waals surface area (Å²) in [4.78, 5) is 0. The molecule has 0 spiro atoms. The van der Waals surface area contributed by atoms with Gasteiger partial charge in [0, 0.05) is 18.6 Å². The summed E-state index contributed by atoms with van der Waals surface area (Å²) in [5, 5.41) is 2.30. The number of hydrogen-bond donors (Lipinski definition) is 0. The van der Waals surface area contributed by atoms with E-state index in [1.807, 2.05) is 0 Å². The molecule has 1 radical (unpaired) electrons. The molecule has 1 aliphatic rings. The summed E-state index contributed by atoms with van der Waals surface area (Å²) < 4.78 is 0. The van der Waals surface area contributed by atoms with Gasteiger partial charge in [0.1, 0.15) is 0 Å². The van der Waals surface area contributed by atoms with Crippen LogP contribution in [0.2, 0.25) is 0 Å². The number of rotatable bonds is 6. The SMILES string of the molecule is CCCC[N]N(C(C)C)C1CC1. The summed E-state index contributed by atoms with van der Waals surface area (Å²) >= 11 is 0. The summed E-state index contributed by atoms with van der Waals surface area (Å²) in [7, 11) is 0. The molecule has 1 rings (SSSR count). The van der Waals surface area contributed by atoms with Gasteiger partial charge >= 0.3 is 0 Å². The Morgan fingerprint density at radius 1 is 1.42 bits per heavy atom. The molecule has 0 saturated heterocycles. The topological polar surface area (TPSA) is 17.3 Å². The number of nitrogens with zero attached hydrogens (tertiary/aromatic N) is 2. The van der Waals surface area contributed by atoms with E-state index in [0.717, 1.165) is 12.6 Å². The van der Waals surface area contributed by atoms with Gasteiger partial charge in [-0.1, -0.05) is 13.3 Å². The molecule has 0 aromatic rings. The van der Waals surface area contributed by atoms with E-state index in [-0.39, 0.29) is 0 Å².